The summed E-state index contributed by atoms with van der Waals surface area (Å²) >= 11 is 0. The van der Waals surface area contributed by atoms with Gasteiger partial charge in [0.2, 0.25) is 0 Å². The second-order valence-electron chi connectivity index (χ2n) is 5.90. The molecule has 0 spiro atoms. The first kappa shape index (κ1) is 16.0. The molecule has 23 heavy (non-hydrogen) atoms. The summed E-state index contributed by atoms with van der Waals surface area (Å²) in [4.78, 5) is 2.59. The Morgan fingerprint density at radius 2 is 2.26 bits per heavy atom. The number of ether oxygens (including phenoxy) is 1. The normalized spacial score (nSPS) is 19.1. The third-order valence-corrected chi connectivity index (χ3v) is 5.37. The number of H-pyrrole nitrogens is 1. The molecule has 0 radical (unpaired) electrons. The van der Waals surface area contributed by atoms with Crippen LogP contribution in [0.4, 0.5) is 0 Å². The van der Waals surface area contributed by atoms with Crippen molar-refractivity contribution >= 4 is 9.84 Å². The van der Waals surface area contributed by atoms with Crippen molar-refractivity contribution < 1.29 is 13.2 Å². The van der Waals surface area contributed by atoms with Gasteiger partial charge in [-0.15, -0.1) is 0 Å². The summed E-state index contributed by atoms with van der Waals surface area (Å²) < 4.78 is 29.1. The molecule has 7 heteroatoms. The number of sulfone groups is 1. The van der Waals surface area contributed by atoms with Crippen LogP contribution in [0.5, 0.6) is 5.75 Å². The van der Waals surface area contributed by atoms with Crippen LogP contribution >= 0.6 is 0 Å². The lowest BCUT2D eigenvalue weighted by Crippen LogP contribution is -2.24. The molecule has 124 valence electrons. The molecule has 2 heterocycles. The van der Waals surface area contributed by atoms with Crippen LogP contribution in [0.1, 0.15) is 30.1 Å². The molecule has 1 saturated heterocycles. The summed E-state index contributed by atoms with van der Waals surface area (Å²) in [5.41, 5.74) is 1.85. The van der Waals surface area contributed by atoms with Gasteiger partial charge < -0.3 is 4.74 Å². The van der Waals surface area contributed by atoms with Gasteiger partial charge in [0.25, 0.3) is 0 Å². The number of nitrogens with zero attached hydrogens (tertiary/aromatic N) is 2. The van der Waals surface area contributed by atoms with E-state index in [2.05, 4.69) is 21.2 Å². The van der Waals surface area contributed by atoms with Crippen LogP contribution in [-0.4, -0.2) is 43.4 Å². The molecule has 0 aliphatic carbocycles. The van der Waals surface area contributed by atoms with Crippen LogP contribution in [0.2, 0.25) is 0 Å². The molecule has 6 nitrogen and oxygen atoms in total. The monoisotopic (exact) mass is 335 g/mol. The van der Waals surface area contributed by atoms with Crippen molar-refractivity contribution in [1.29, 1.82) is 0 Å². The maximum absolute atomic E-state index is 11.9. The molecule has 1 N–H and O–H groups in total. The molecule has 0 amide bonds. The van der Waals surface area contributed by atoms with Crippen LogP contribution < -0.4 is 4.74 Å². The minimum absolute atomic E-state index is 0.0495. The van der Waals surface area contributed by atoms with E-state index in [1.807, 2.05) is 18.2 Å². The lowest BCUT2D eigenvalue weighted by Gasteiger charge is -2.24. The average molecular weight is 335 g/mol. The molecule has 1 aromatic carbocycles. The Hall–Kier alpha value is -1.86. The van der Waals surface area contributed by atoms with E-state index in [9.17, 15) is 8.42 Å². The maximum atomic E-state index is 11.9. The molecule has 1 aromatic heterocycles. The van der Waals surface area contributed by atoms with Crippen LogP contribution in [0.3, 0.4) is 0 Å². The van der Waals surface area contributed by atoms with E-state index in [1.54, 1.807) is 7.11 Å². The quantitative estimate of drug-likeness (QED) is 0.906. The first-order chi connectivity index (χ1) is 11.0. The van der Waals surface area contributed by atoms with E-state index in [0.717, 1.165) is 37.2 Å². The summed E-state index contributed by atoms with van der Waals surface area (Å²) in [6.07, 6.45) is 4.60. The van der Waals surface area contributed by atoms with Gasteiger partial charge in [-0.25, -0.2) is 8.42 Å². The molecular weight excluding hydrogens is 314 g/mol. The molecule has 3 rings (SSSR count). The van der Waals surface area contributed by atoms with Crippen LogP contribution in [0.25, 0.3) is 0 Å². The zero-order valence-corrected chi connectivity index (χ0v) is 14.1. The number of benzene rings is 1. The fraction of sp³-hybridized carbons (Fsp3) is 0.438. The first-order valence-electron chi connectivity index (χ1n) is 7.59. The number of nitrogens with one attached hydrogen (secondary N) is 1. The second-order valence-corrected chi connectivity index (χ2v) is 7.88. The van der Waals surface area contributed by atoms with Gasteiger partial charge in [-0.05, 0) is 37.1 Å². The van der Waals surface area contributed by atoms with Crippen molar-refractivity contribution in [3.8, 4) is 5.75 Å². The number of hydrogen-bond donors (Lipinski definition) is 1. The highest BCUT2D eigenvalue weighted by Gasteiger charge is 2.31. The van der Waals surface area contributed by atoms with Crippen molar-refractivity contribution in [2.75, 3.05) is 19.9 Å². The highest BCUT2D eigenvalue weighted by Crippen LogP contribution is 2.35. The van der Waals surface area contributed by atoms with Crippen LogP contribution in [-0.2, 0) is 16.4 Å². The smallest absolute Gasteiger partial charge is 0.178 e. The Kier molecular flexibility index (Phi) is 4.41. The van der Waals surface area contributed by atoms with E-state index < -0.39 is 9.84 Å². The van der Waals surface area contributed by atoms with Gasteiger partial charge in [0.05, 0.1) is 25.0 Å². The number of methoxy groups -OCH3 is 1. The Morgan fingerprint density at radius 3 is 3.00 bits per heavy atom. The predicted octanol–water partition coefficient (Wildman–Crippen LogP) is 2.16. The van der Waals surface area contributed by atoms with Gasteiger partial charge in [0, 0.05) is 12.8 Å². The molecule has 1 aliphatic heterocycles. The fourth-order valence-corrected chi connectivity index (χ4v) is 3.99. The van der Waals surface area contributed by atoms with E-state index in [1.165, 1.54) is 12.5 Å². The molecule has 1 aliphatic rings. The number of rotatable bonds is 5. The Morgan fingerprint density at radius 1 is 1.43 bits per heavy atom. The van der Waals surface area contributed by atoms with Gasteiger partial charge in [-0.1, -0.05) is 12.1 Å². The van der Waals surface area contributed by atoms with Crippen molar-refractivity contribution in [3.63, 3.8) is 0 Å². The molecule has 0 bridgehead atoms. The fourth-order valence-electron chi connectivity index (χ4n) is 3.17. The van der Waals surface area contributed by atoms with E-state index in [4.69, 9.17) is 4.74 Å². The number of aromatic amines is 1. The highest BCUT2D eigenvalue weighted by molar-refractivity contribution is 7.90. The lowest BCUT2D eigenvalue weighted by molar-refractivity contribution is 0.241. The average Bonchev–Trinajstić information content (AvgIpc) is 3.15. The molecule has 0 saturated carbocycles. The highest BCUT2D eigenvalue weighted by atomic mass is 32.2. The number of hydrogen-bond acceptors (Lipinski definition) is 5. The van der Waals surface area contributed by atoms with Gasteiger partial charge in [0.1, 0.15) is 10.6 Å². The van der Waals surface area contributed by atoms with Crippen LogP contribution in [0.15, 0.2) is 35.4 Å². The minimum atomic E-state index is -3.27. The summed E-state index contributed by atoms with van der Waals surface area (Å²) in [6, 6.07) is 8.01. The van der Waals surface area contributed by atoms with E-state index in [-0.39, 0.29) is 6.04 Å². The van der Waals surface area contributed by atoms with Gasteiger partial charge >= 0.3 is 0 Å². The number of aromatic nitrogens is 2. The largest absolute Gasteiger partial charge is 0.497 e. The Bertz CT molecular complexity index is 785. The predicted molar refractivity (Wildman–Crippen MR) is 87.1 cm³/mol. The van der Waals surface area contributed by atoms with Crippen molar-refractivity contribution in [1.82, 2.24) is 15.1 Å². The summed E-state index contributed by atoms with van der Waals surface area (Å²) in [5, 5.41) is 6.85. The maximum Gasteiger partial charge on any atom is 0.178 e. The van der Waals surface area contributed by atoms with E-state index >= 15 is 0 Å². The molecule has 1 atom stereocenters. The summed E-state index contributed by atoms with van der Waals surface area (Å²) in [5.74, 6) is 0.830. The Balaban J connectivity index is 1.85. The topological polar surface area (TPSA) is 75.3 Å². The van der Waals surface area contributed by atoms with Crippen molar-refractivity contribution in [2.24, 2.45) is 0 Å². The lowest BCUT2D eigenvalue weighted by atomic mass is 10.1. The standard InChI is InChI=1S/C16H21N3O3S/c1-22-13-6-3-5-12(9-13)11-19-8-4-7-14(19)16-15(10-17-18-16)23(2,20)21/h3,5-6,9-10,14H,4,7-8,11H2,1-2H3,(H,17,18). The molecular formula is C16H21N3O3S. The second kappa shape index (κ2) is 6.33. The SMILES string of the molecule is COc1cccc(CN2CCCC2c2[nH]ncc2S(C)(=O)=O)c1. The molecule has 1 unspecified atom stereocenters. The third kappa shape index (κ3) is 3.40. The first-order valence-corrected chi connectivity index (χ1v) is 9.48. The van der Waals surface area contributed by atoms with Crippen LogP contribution in [0, 0.1) is 0 Å². The summed E-state index contributed by atoms with van der Waals surface area (Å²) in [7, 11) is -1.62. The van der Waals surface area contributed by atoms with Crippen molar-refractivity contribution in [2.45, 2.75) is 30.3 Å². The summed E-state index contributed by atoms with van der Waals surface area (Å²) in [6.45, 7) is 1.69. The number of likely N-dealkylation sites (tertiary alicyclic amines) is 1. The van der Waals surface area contributed by atoms with Gasteiger partial charge in [0.15, 0.2) is 9.84 Å². The zero-order valence-electron chi connectivity index (χ0n) is 13.3. The third-order valence-electron chi connectivity index (χ3n) is 4.25. The molecule has 1 fully saturated rings. The van der Waals surface area contributed by atoms with E-state index in [0.29, 0.717) is 10.6 Å². The zero-order chi connectivity index (χ0) is 16.4. The molecule has 2 aromatic rings. The Labute approximate surface area is 136 Å². The van der Waals surface area contributed by atoms with Crippen molar-refractivity contribution in [3.05, 3.63) is 41.7 Å². The van der Waals surface area contributed by atoms with Gasteiger partial charge in [-0.3, -0.25) is 10.00 Å². The van der Waals surface area contributed by atoms with Gasteiger partial charge in [-0.2, -0.15) is 5.10 Å². The minimum Gasteiger partial charge on any atom is -0.497 e.